The van der Waals surface area contributed by atoms with Crippen LogP contribution in [-0.4, -0.2) is 43.7 Å². The molecule has 0 amide bonds. The van der Waals surface area contributed by atoms with E-state index in [1.165, 1.54) is 12.1 Å². The number of nitrogens with zero attached hydrogens (tertiary/aromatic N) is 2. The number of ether oxygens (including phenoxy) is 1. The minimum atomic E-state index is -0.523. The molecule has 0 spiro atoms. The van der Waals surface area contributed by atoms with Crippen molar-refractivity contribution in [2.45, 2.75) is 6.92 Å². The van der Waals surface area contributed by atoms with E-state index < -0.39 is 10.9 Å². The molecule has 2 rings (SSSR count). The van der Waals surface area contributed by atoms with E-state index in [1.807, 2.05) is 4.90 Å². The number of non-ortho nitro benzene ring substituents is 1. The maximum Gasteiger partial charge on any atom is 0.340 e. The van der Waals surface area contributed by atoms with Crippen molar-refractivity contribution < 1.29 is 14.5 Å². The fraction of sp³-hybridized carbons (Fsp3) is 0.462. The number of rotatable bonds is 4. The molecule has 20 heavy (non-hydrogen) atoms. The molecule has 1 aromatic rings. The van der Waals surface area contributed by atoms with Gasteiger partial charge in [0.2, 0.25) is 0 Å². The number of nitro benzene ring substituents is 1. The Morgan fingerprint density at radius 3 is 2.75 bits per heavy atom. The van der Waals surface area contributed by atoms with Gasteiger partial charge in [-0.15, -0.1) is 0 Å². The Labute approximate surface area is 116 Å². The molecule has 7 heteroatoms. The molecule has 0 aliphatic carbocycles. The van der Waals surface area contributed by atoms with Crippen molar-refractivity contribution in [2.24, 2.45) is 0 Å². The Morgan fingerprint density at radius 2 is 2.15 bits per heavy atom. The molecule has 7 nitrogen and oxygen atoms in total. The molecule has 1 fully saturated rings. The number of carbonyl (C=O) groups excluding carboxylic acids is 1. The van der Waals surface area contributed by atoms with Gasteiger partial charge in [-0.1, -0.05) is 0 Å². The van der Waals surface area contributed by atoms with Crippen molar-refractivity contribution in [1.29, 1.82) is 0 Å². The molecule has 0 saturated carbocycles. The Bertz CT molecular complexity index is 512. The first-order valence-electron chi connectivity index (χ1n) is 6.54. The van der Waals surface area contributed by atoms with Crippen molar-refractivity contribution in [1.82, 2.24) is 5.32 Å². The fourth-order valence-electron chi connectivity index (χ4n) is 2.19. The fourth-order valence-corrected chi connectivity index (χ4v) is 2.19. The third-order valence-corrected chi connectivity index (χ3v) is 3.14. The summed E-state index contributed by atoms with van der Waals surface area (Å²) in [7, 11) is 0. The lowest BCUT2D eigenvalue weighted by atomic mass is 10.1. The molecule has 1 aromatic carbocycles. The highest BCUT2D eigenvalue weighted by atomic mass is 16.6. The molecular formula is C13H17N3O4. The molecular weight excluding hydrogens is 262 g/mol. The van der Waals surface area contributed by atoms with Gasteiger partial charge in [-0.2, -0.15) is 0 Å². The lowest BCUT2D eigenvalue weighted by Gasteiger charge is -2.30. The lowest BCUT2D eigenvalue weighted by molar-refractivity contribution is -0.384. The van der Waals surface area contributed by atoms with Crippen molar-refractivity contribution >= 4 is 17.3 Å². The summed E-state index contributed by atoms with van der Waals surface area (Å²) < 4.78 is 4.99. The van der Waals surface area contributed by atoms with E-state index in [-0.39, 0.29) is 17.9 Å². The van der Waals surface area contributed by atoms with Gasteiger partial charge in [-0.3, -0.25) is 10.1 Å². The second-order valence-corrected chi connectivity index (χ2v) is 4.42. The van der Waals surface area contributed by atoms with Crippen LogP contribution in [0.1, 0.15) is 17.3 Å². The molecule has 1 N–H and O–H groups in total. The highest BCUT2D eigenvalue weighted by Crippen LogP contribution is 2.26. The molecule has 1 heterocycles. The zero-order valence-electron chi connectivity index (χ0n) is 11.3. The van der Waals surface area contributed by atoms with Crippen LogP contribution in [0.2, 0.25) is 0 Å². The number of nitro groups is 1. The van der Waals surface area contributed by atoms with Crippen LogP contribution in [0, 0.1) is 10.1 Å². The average Bonchev–Trinajstić information content (AvgIpc) is 2.47. The molecule has 1 aliphatic rings. The van der Waals surface area contributed by atoms with Gasteiger partial charge in [0.1, 0.15) is 0 Å². The van der Waals surface area contributed by atoms with Crippen LogP contribution >= 0.6 is 0 Å². The van der Waals surface area contributed by atoms with E-state index in [0.29, 0.717) is 5.69 Å². The number of anilines is 1. The number of hydrogen-bond donors (Lipinski definition) is 1. The minimum absolute atomic E-state index is 0.105. The molecule has 0 unspecified atom stereocenters. The van der Waals surface area contributed by atoms with Crippen LogP contribution in [0.15, 0.2) is 18.2 Å². The maximum absolute atomic E-state index is 12.0. The monoisotopic (exact) mass is 279 g/mol. The van der Waals surface area contributed by atoms with Gasteiger partial charge in [0.25, 0.3) is 5.69 Å². The first kappa shape index (κ1) is 14.3. The Morgan fingerprint density at radius 1 is 1.45 bits per heavy atom. The van der Waals surface area contributed by atoms with Crippen molar-refractivity contribution in [3.05, 3.63) is 33.9 Å². The summed E-state index contributed by atoms with van der Waals surface area (Å²) in [5, 5.41) is 14.1. The number of benzene rings is 1. The van der Waals surface area contributed by atoms with Crippen molar-refractivity contribution in [3.8, 4) is 0 Å². The number of carbonyl (C=O) groups is 1. The van der Waals surface area contributed by atoms with E-state index in [4.69, 9.17) is 4.74 Å². The normalized spacial score (nSPS) is 14.9. The van der Waals surface area contributed by atoms with Crippen LogP contribution in [0.3, 0.4) is 0 Å². The smallest absolute Gasteiger partial charge is 0.340 e. The summed E-state index contributed by atoms with van der Waals surface area (Å²) in [5.74, 6) is -0.523. The van der Waals surface area contributed by atoms with Gasteiger partial charge in [0, 0.05) is 38.3 Å². The SMILES string of the molecule is CCOC(=O)c1cc([N+](=O)[O-])ccc1N1CCNCC1. The second kappa shape index (κ2) is 6.33. The number of esters is 1. The highest BCUT2D eigenvalue weighted by molar-refractivity contribution is 5.96. The van der Waals surface area contributed by atoms with Crippen LogP contribution < -0.4 is 10.2 Å². The topological polar surface area (TPSA) is 84.7 Å². The number of hydrogen-bond acceptors (Lipinski definition) is 6. The molecule has 0 atom stereocenters. The van der Waals surface area contributed by atoms with Crippen LogP contribution in [0.25, 0.3) is 0 Å². The average molecular weight is 279 g/mol. The third kappa shape index (κ3) is 3.05. The van der Waals surface area contributed by atoms with E-state index in [1.54, 1.807) is 13.0 Å². The van der Waals surface area contributed by atoms with Crippen LogP contribution in [-0.2, 0) is 4.74 Å². The second-order valence-electron chi connectivity index (χ2n) is 4.42. The number of nitrogens with one attached hydrogen (secondary N) is 1. The van der Waals surface area contributed by atoms with Gasteiger partial charge >= 0.3 is 5.97 Å². The largest absolute Gasteiger partial charge is 0.462 e. The highest BCUT2D eigenvalue weighted by Gasteiger charge is 2.22. The van der Waals surface area contributed by atoms with Crippen molar-refractivity contribution in [3.63, 3.8) is 0 Å². The van der Waals surface area contributed by atoms with Gasteiger partial charge in [-0.05, 0) is 13.0 Å². The van der Waals surface area contributed by atoms with E-state index in [2.05, 4.69) is 5.32 Å². The van der Waals surface area contributed by atoms with E-state index in [0.717, 1.165) is 26.2 Å². The van der Waals surface area contributed by atoms with Gasteiger partial charge in [-0.25, -0.2) is 4.79 Å². The van der Waals surface area contributed by atoms with E-state index in [9.17, 15) is 14.9 Å². The summed E-state index contributed by atoms with van der Waals surface area (Å²) in [4.78, 5) is 24.4. The first-order chi connectivity index (χ1) is 9.63. The maximum atomic E-state index is 12.0. The number of piperazine rings is 1. The third-order valence-electron chi connectivity index (χ3n) is 3.14. The standard InChI is InChI=1S/C13H17N3O4/c1-2-20-13(17)11-9-10(16(18)19)3-4-12(11)15-7-5-14-6-8-15/h3-4,9,14H,2,5-8H2,1H3. The van der Waals surface area contributed by atoms with Gasteiger partial charge in [0.15, 0.2) is 0 Å². The lowest BCUT2D eigenvalue weighted by Crippen LogP contribution is -2.44. The zero-order chi connectivity index (χ0) is 14.5. The molecule has 108 valence electrons. The van der Waals surface area contributed by atoms with Gasteiger partial charge in [0.05, 0.1) is 22.8 Å². The summed E-state index contributed by atoms with van der Waals surface area (Å²) >= 11 is 0. The van der Waals surface area contributed by atoms with Crippen molar-refractivity contribution in [2.75, 3.05) is 37.7 Å². The van der Waals surface area contributed by atoms with Gasteiger partial charge < -0.3 is 15.0 Å². The Hall–Kier alpha value is -2.15. The van der Waals surface area contributed by atoms with E-state index >= 15 is 0 Å². The van der Waals surface area contributed by atoms with Crippen LogP contribution in [0.5, 0.6) is 0 Å². The predicted octanol–water partition coefficient (Wildman–Crippen LogP) is 1.18. The van der Waals surface area contributed by atoms with Crippen LogP contribution in [0.4, 0.5) is 11.4 Å². The summed E-state index contributed by atoms with van der Waals surface area (Å²) in [6, 6.07) is 4.32. The molecule has 0 aromatic heterocycles. The quantitative estimate of drug-likeness (QED) is 0.506. The molecule has 0 bridgehead atoms. The Balaban J connectivity index is 2.38. The molecule has 1 saturated heterocycles. The summed E-state index contributed by atoms with van der Waals surface area (Å²) in [6.07, 6.45) is 0. The zero-order valence-corrected chi connectivity index (χ0v) is 11.3. The molecule has 0 radical (unpaired) electrons. The summed E-state index contributed by atoms with van der Waals surface area (Å²) in [5.41, 5.74) is 0.838. The Kier molecular flexibility index (Phi) is 4.52. The summed E-state index contributed by atoms with van der Waals surface area (Å²) in [6.45, 7) is 5.09. The predicted molar refractivity (Wildman–Crippen MR) is 74.1 cm³/mol. The molecule has 1 aliphatic heterocycles. The minimum Gasteiger partial charge on any atom is -0.462 e. The first-order valence-corrected chi connectivity index (χ1v) is 6.54.